The molecule has 150 valence electrons. The number of aromatic nitrogens is 1. The maximum absolute atomic E-state index is 12.8. The maximum atomic E-state index is 12.8. The Hall–Kier alpha value is -2.63. The van der Waals surface area contributed by atoms with Crippen LogP contribution in [0.2, 0.25) is 0 Å². The highest BCUT2D eigenvalue weighted by molar-refractivity contribution is 5.85. The van der Waals surface area contributed by atoms with Gasteiger partial charge in [0.2, 0.25) is 11.8 Å². The molecule has 1 aromatic heterocycles. The number of nitrogens with zero attached hydrogens (tertiary/aromatic N) is 3. The van der Waals surface area contributed by atoms with Gasteiger partial charge >= 0.3 is 0 Å². The second kappa shape index (κ2) is 8.59. The van der Waals surface area contributed by atoms with Crippen LogP contribution in [0.4, 0.5) is 5.82 Å². The number of anilines is 1. The van der Waals surface area contributed by atoms with Gasteiger partial charge in [-0.2, -0.15) is 0 Å². The van der Waals surface area contributed by atoms with Crippen LogP contribution in [-0.2, 0) is 16.1 Å². The predicted octanol–water partition coefficient (Wildman–Crippen LogP) is 2.81. The lowest BCUT2D eigenvalue weighted by molar-refractivity contribution is -0.138. The molecule has 28 heavy (non-hydrogen) atoms. The van der Waals surface area contributed by atoms with E-state index in [0.717, 1.165) is 41.7 Å². The summed E-state index contributed by atoms with van der Waals surface area (Å²) in [5.41, 5.74) is 1.97. The Balaban J connectivity index is 1.71. The van der Waals surface area contributed by atoms with Crippen molar-refractivity contribution in [1.29, 1.82) is 0 Å². The van der Waals surface area contributed by atoms with Crippen molar-refractivity contribution in [3.05, 3.63) is 35.9 Å². The molecule has 1 N–H and O–H groups in total. The first kappa shape index (κ1) is 20.1. The van der Waals surface area contributed by atoms with Gasteiger partial charge in [-0.15, -0.1) is 0 Å². The summed E-state index contributed by atoms with van der Waals surface area (Å²) in [7, 11) is 3.92. The minimum atomic E-state index is -0.141. The standard InChI is InChI=1S/C22H30N4O2/c1-15(2)22(28)26-11-7-8-16(14-26)21(27)23-13-17-12-20(25(3)4)24-19-10-6-5-9-18(17)19/h5-6,9-10,12,15-16H,7-8,11,13-14H2,1-4H3,(H,23,27)/t16-/m0/s1. The van der Waals surface area contributed by atoms with E-state index in [1.165, 1.54) is 0 Å². The molecule has 1 fully saturated rings. The van der Waals surface area contributed by atoms with E-state index in [-0.39, 0.29) is 23.7 Å². The minimum Gasteiger partial charge on any atom is -0.363 e. The third kappa shape index (κ3) is 4.43. The van der Waals surface area contributed by atoms with E-state index in [1.54, 1.807) is 0 Å². The molecule has 0 saturated carbocycles. The van der Waals surface area contributed by atoms with Crippen molar-refractivity contribution in [3.63, 3.8) is 0 Å². The number of amides is 2. The number of rotatable bonds is 5. The lowest BCUT2D eigenvalue weighted by atomic mass is 9.96. The van der Waals surface area contributed by atoms with Crippen molar-refractivity contribution in [2.75, 3.05) is 32.1 Å². The van der Waals surface area contributed by atoms with E-state index in [4.69, 9.17) is 0 Å². The Bertz CT molecular complexity index is 863. The summed E-state index contributed by atoms with van der Waals surface area (Å²) in [6.07, 6.45) is 1.70. The molecule has 0 unspecified atom stereocenters. The van der Waals surface area contributed by atoms with Gasteiger partial charge in [0.1, 0.15) is 5.82 Å². The van der Waals surface area contributed by atoms with Crippen LogP contribution in [-0.4, -0.2) is 48.9 Å². The number of hydrogen-bond acceptors (Lipinski definition) is 4. The Morgan fingerprint density at radius 1 is 1.29 bits per heavy atom. The van der Waals surface area contributed by atoms with E-state index in [1.807, 2.05) is 68.1 Å². The maximum Gasteiger partial charge on any atom is 0.225 e. The first-order valence-corrected chi connectivity index (χ1v) is 9.99. The van der Waals surface area contributed by atoms with Crippen molar-refractivity contribution in [3.8, 4) is 0 Å². The van der Waals surface area contributed by atoms with Gasteiger partial charge in [-0.25, -0.2) is 4.98 Å². The number of benzene rings is 1. The van der Waals surface area contributed by atoms with Gasteiger partial charge in [0.05, 0.1) is 11.4 Å². The van der Waals surface area contributed by atoms with Crippen LogP contribution in [0.25, 0.3) is 10.9 Å². The van der Waals surface area contributed by atoms with Crippen molar-refractivity contribution < 1.29 is 9.59 Å². The summed E-state index contributed by atoms with van der Waals surface area (Å²) < 4.78 is 0. The van der Waals surface area contributed by atoms with E-state index < -0.39 is 0 Å². The van der Waals surface area contributed by atoms with Crippen LogP contribution >= 0.6 is 0 Å². The molecule has 0 spiro atoms. The molecule has 6 nitrogen and oxygen atoms in total. The van der Waals surface area contributed by atoms with Crippen LogP contribution in [0.5, 0.6) is 0 Å². The average Bonchev–Trinajstić information content (AvgIpc) is 2.70. The highest BCUT2D eigenvalue weighted by atomic mass is 16.2. The van der Waals surface area contributed by atoms with Gasteiger partial charge in [-0.1, -0.05) is 32.0 Å². The van der Waals surface area contributed by atoms with Gasteiger partial charge in [-0.05, 0) is 30.5 Å². The lowest BCUT2D eigenvalue weighted by Gasteiger charge is -2.33. The quantitative estimate of drug-likeness (QED) is 0.864. The third-order valence-corrected chi connectivity index (χ3v) is 5.30. The molecular weight excluding hydrogens is 352 g/mol. The number of para-hydroxylation sites is 1. The van der Waals surface area contributed by atoms with Gasteiger partial charge in [0.25, 0.3) is 0 Å². The molecule has 2 amide bonds. The van der Waals surface area contributed by atoms with Crippen molar-refractivity contribution in [2.45, 2.75) is 33.2 Å². The largest absolute Gasteiger partial charge is 0.363 e. The van der Waals surface area contributed by atoms with Gasteiger partial charge < -0.3 is 15.1 Å². The van der Waals surface area contributed by atoms with Gasteiger partial charge in [-0.3, -0.25) is 9.59 Å². The van der Waals surface area contributed by atoms with Crippen LogP contribution < -0.4 is 10.2 Å². The molecule has 0 aliphatic carbocycles. The monoisotopic (exact) mass is 382 g/mol. The van der Waals surface area contributed by atoms with Crippen molar-refractivity contribution >= 4 is 28.5 Å². The zero-order valence-corrected chi connectivity index (χ0v) is 17.2. The van der Waals surface area contributed by atoms with Crippen LogP contribution in [0, 0.1) is 11.8 Å². The average molecular weight is 383 g/mol. The van der Waals surface area contributed by atoms with Crippen LogP contribution in [0.15, 0.2) is 30.3 Å². The fourth-order valence-electron chi connectivity index (χ4n) is 3.69. The van der Waals surface area contributed by atoms with Crippen LogP contribution in [0.1, 0.15) is 32.3 Å². The summed E-state index contributed by atoms with van der Waals surface area (Å²) in [6, 6.07) is 10.0. The third-order valence-electron chi connectivity index (χ3n) is 5.30. The summed E-state index contributed by atoms with van der Waals surface area (Å²) >= 11 is 0. The number of hydrogen-bond donors (Lipinski definition) is 1. The van der Waals surface area contributed by atoms with E-state index in [0.29, 0.717) is 13.1 Å². The molecule has 2 aromatic rings. The minimum absolute atomic E-state index is 0.0218. The van der Waals surface area contributed by atoms with Crippen molar-refractivity contribution in [2.24, 2.45) is 11.8 Å². The van der Waals surface area contributed by atoms with E-state index in [2.05, 4.69) is 10.3 Å². The fraction of sp³-hybridized carbons (Fsp3) is 0.500. The molecule has 2 heterocycles. The molecule has 0 radical (unpaired) electrons. The number of nitrogens with one attached hydrogen (secondary N) is 1. The first-order valence-electron chi connectivity index (χ1n) is 9.99. The summed E-state index contributed by atoms with van der Waals surface area (Å²) in [4.78, 5) is 33.5. The Morgan fingerprint density at radius 3 is 2.75 bits per heavy atom. The fourth-order valence-corrected chi connectivity index (χ4v) is 3.69. The SMILES string of the molecule is CC(C)C(=O)N1CCC[C@H](C(=O)NCc2cc(N(C)C)nc3ccccc23)C1. The molecule has 0 bridgehead atoms. The molecule has 1 aliphatic heterocycles. The number of likely N-dealkylation sites (tertiary alicyclic amines) is 1. The topological polar surface area (TPSA) is 65.5 Å². The molecule has 1 saturated heterocycles. The second-order valence-electron chi connectivity index (χ2n) is 8.05. The molecular formula is C22H30N4O2. The van der Waals surface area contributed by atoms with Gasteiger partial charge in [0, 0.05) is 45.0 Å². The van der Waals surface area contributed by atoms with Gasteiger partial charge in [0.15, 0.2) is 0 Å². The number of piperidine rings is 1. The van der Waals surface area contributed by atoms with E-state index in [9.17, 15) is 9.59 Å². The Kier molecular flexibility index (Phi) is 6.17. The van der Waals surface area contributed by atoms with Crippen molar-refractivity contribution in [1.82, 2.24) is 15.2 Å². The summed E-state index contributed by atoms with van der Waals surface area (Å²) in [5, 5.41) is 4.14. The normalized spacial score (nSPS) is 17.0. The molecule has 3 rings (SSSR count). The zero-order chi connectivity index (χ0) is 20.3. The van der Waals surface area contributed by atoms with E-state index >= 15 is 0 Å². The van der Waals surface area contributed by atoms with Crippen LogP contribution in [0.3, 0.4) is 0 Å². The molecule has 6 heteroatoms. The lowest BCUT2D eigenvalue weighted by Crippen LogP contribution is -2.46. The highest BCUT2D eigenvalue weighted by Gasteiger charge is 2.29. The molecule has 1 atom stereocenters. The number of carbonyl (C=O) groups is 2. The summed E-state index contributed by atoms with van der Waals surface area (Å²) in [5.74, 6) is 0.850. The smallest absolute Gasteiger partial charge is 0.225 e. The number of carbonyl (C=O) groups excluding carboxylic acids is 2. The number of pyridine rings is 1. The first-order chi connectivity index (χ1) is 13.4. The summed E-state index contributed by atoms with van der Waals surface area (Å²) in [6.45, 7) is 5.54. The molecule has 1 aromatic carbocycles. The predicted molar refractivity (Wildman–Crippen MR) is 112 cm³/mol. The number of fused-ring (bicyclic) bond motifs is 1. The zero-order valence-electron chi connectivity index (χ0n) is 17.2. The highest BCUT2D eigenvalue weighted by Crippen LogP contribution is 2.23. The Morgan fingerprint density at radius 2 is 2.04 bits per heavy atom. The Labute approximate surface area is 166 Å². The second-order valence-corrected chi connectivity index (χ2v) is 8.05. The molecule has 1 aliphatic rings.